The van der Waals surface area contributed by atoms with E-state index in [0.29, 0.717) is 11.7 Å². The van der Waals surface area contributed by atoms with Gasteiger partial charge in [0.15, 0.2) is 0 Å². The van der Waals surface area contributed by atoms with Crippen molar-refractivity contribution in [3.05, 3.63) is 0 Å². The summed E-state index contributed by atoms with van der Waals surface area (Å²) in [5.74, 6) is 1.76. The van der Waals surface area contributed by atoms with Gasteiger partial charge >= 0.3 is 0 Å². The average Bonchev–Trinajstić information content (AvgIpc) is 2.33. The second-order valence-corrected chi connectivity index (χ2v) is 6.13. The summed E-state index contributed by atoms with van der Waals surface area (Å²) in [6, 6.07) is 0. The van der Waals surface area contributed by atoms with E-state index < -0.39 is 0 Å². The van der Waals surface area contributed by atoms with E-state index in [-0.39, 0.29) is 0 Å². The van der Waals surface area contributed by atoms with Crippen molar-refractivity contribution < 1.29 is 4.79 Å². The van der Waals surface area contributed by atoms with Crippen molar-refractivity contribution in [3.8, 4) is 0 Å². The summed E-state index contributed by atoms with van der Waals surface area (Å²) in [6.07, 6.45) is 11.4. The molecule has 2 saturated carbocycles. The van der Waals surface area contributed by atoms with Crippen LogP contribution in [0.1, 0.15) is 57.8 Å². The molecule has 2 heteroatoms. The predicted octanol–water partition coefficient (Wildman–Crippen LogP) is 3.26. The molecule has 0 spiro atoms. The Morgan fingerprint density at radius 2 is 1.71 bits per heavy atom. The standard InChI is InChI=1S/C15H27NO/c1-16(11-13-7-3-2-4-8-13)12-14-9-5-6-10-15(14)17/h13-14H,2-12H2,1H3. The Labute approximate surface area is 106 Å². The van der Waals surface area contributed by atoms with Crippen LogP contribution in [0.5, 0.6) is 0 Å². The van der Waals surface area contributed by atoms with Crippen LogP contribution in [-0.4, -0.2) is 30.8 Å². The van der Waals surface area contributed by atoms with Crippen molar-refractivity contribution in [2.45, 2.75) is 57.8 Å². The minimum Gasteiger partial charge on any atom is -0.305 e. The van der Waals surface area contributed by atoms with Gasteiger partial charge in [-0.1, -0.05) is 25.7 Å². The molecule has 0 heterocycles. The van der Waals surface area contributed by atoms with Crippen LogP contribution >= 0.6 is 0 Å². The summed E-state index contributed by atoms with van der Waals surface area (Å²) >= 11 is 0. The van der Waals surface area contributed by atoms with Crippen LogP contribution in [0, 0.1) is 11.8 Å². The molecule has 1 atom stereocenters. The van der Waals surface area contributed by atoms with E-state index in [0.717, 1.165) is 31.7 Å². The van der Waals surface area contributed by atoms with Crippen molar-refractivity contribution in [2.75, 3.05) is 20.1 Å². The lowest BCUT2D eigenvalue weighted by Crippen LogP contribution is -2.35. The molecule has 2 fully saturated rings. The van der Waals surface area contributed by atoms with Crippen LogP contribution in [0.2, 0.25) is 0 Å². The van der Waals surface area contributed by atoms with Crippen LogP contribution < -0.4 is 0 Å². The highest BCUT2D eigenvalue weighted by molar-refractivity contribution is 5.81. The number of Topliss-reactive ketones (excluding diaryl/α,β-unsaturated/α-hetero) is 1. The van der Waals surface area contributed by atoms with E-state index in [9.17, 15) is 4.79 Å². The molecular weight excluding hydrogens is 210 g/mol. The van der Waals surface area contributed by atoms with Gasteiger partial charge in [-0.15, -0.1) is 0 Å². The minimum atomic E-state index is 0.345. The largest absolute Gasteiger partial charge is 0.305 e. The maximum atomic E-state index is 11.8. The van der Waals surface area contributed by atoms with Crippen LogP contribution in [0.3, 0.4) is 0 Å². The highest BCUT2D eigenvalue weighted by Gasteiger charge is 2.24. The maximum absolute atomic E-state index is 11.8. The zero-order valence-corrected chi connectivity index (χ0v) is 11.3. The molecule has 2 nitrogen and oxygen atoms in total. The number of ketones is 1. The molecule has 0 saturated heterocycles. The lowest BCUT2D eigenvalue weighted by molar-refractivity contribution is -0.125. The molecule has 0 aromatic carbocycles. The molecule has 0 N–H and O–H groups in total. The van der Waals surface area contributed by atoms with E-state index in [1.807, 2.05) is 0 Å². The van der Waals surface area contributed by atoms with E-state index in [1.165, 1.54) is 45.1 Å². The summed E-state index contributed by atoms with van der Waals surface area (Å²) in [4.78, 5) is 14.2. The number of nitrogens with zero attached hydrogens (tertiary/aromatic N) is 1. The number of rotatable bonds is 4. The summed E-state index contributed by atoms with van der Waals surface area (Å²) in [6.45, 7) is 2.22. The molecular formula is C15H27NO. The van der Waals surface area contributed by atoms with Crippen molar-refractivity contribution in [1.82, 2.24) is 4.90 Å². The molecule has 1 unspecified atom stereocenters. The molecule has 2 aliphatic rings. The summed E-state index contributed by atoms with van der Waals surface area (Å²) in [7, 11) is 2.20. The predicted molar refractivity (Wildman–Crippen MR) is 71.0 cm³/mol. The Kier molecular flexibility index (Phi) is 5.02. The monoisotopic (exact) mass is 237 g/mol. The third-order valence-corrected chi connectivity index (χ3v) is 4.51. The van der Waals surface area contributed by atoms with Gasteiger partial charge in [0.25, 0.3) is 0 Å². The molecule has 0 aliphatic heterocycles. The molecule has 98 valence electrons. The number of hydrogen-bond donors (Lipinski definition) is 0. The first kappa shape index (κ1) is 13.1. The summed E-state index contributed by atoms with van der Waals surface area (Å²) < 4.78 is 0. The fourth-order valence-electron chi connectivity index (χ4n) is 3.51. The normalized spacial score (nSPS) is 27.6. The molecule has 0 bridgehead atoms. The van der Waals surface area contributed by atoms with Crippen molar-refractivity contribution >= 4 is 5.78 Å². The van der Waals surface area contributed by atoms with Gasteiger partial charge in [-0.25, -0.2) is 0 Å². The van der Waals surface area contributed by atoms with Gasteiger partial charge in [-0.05, 0) is 38.6 Å². The van der Waals surface area contributed by atoms with Crippen LogP contribution in [0.25, 0.3) is 0 Å². The van der Waals surface area contributed by atoms with Gasteiger partial charge in [0.1, 0.15) is 5.78 Å². The second kappa shape index (κ2) is 6.53. The topological polar surface area (TPSA) is 20.3 Å². The fourth-order valence-corrected chi connectivity index (χ4v) is 3.51. The Bertz CT molecular complexity index is 245. The van der Waals surface area contributed by atoms with Gasteiger partial charge in [-0.2, -0.15) is 0 Å². The van der Waals surface area contributed by atoms with Crippen molar-refractivity contribution in [3.63, 3.8) is 0 Å². The highest BCUT2D eigenvalue weighted by Crippen LogP contribution is 2.25. The molecule has 2 rings (SSSR count). The van der Waals surface area contributed by atoms with Crippen LogP contribution in [0.15, 0.2) is 0 Å². The van der Waals surface area contributed by atoms with Gasteiger partial charge in [0.2, 0.25) is 0 Å². The SMILES string of the molecule is CN(CC1CCCCC1)CC1CCCCC1=O. The molecule has 0 radical (unpaired) electrons. The zero-order valence-electron chi connectivity index (χ0n) is 11.3. The zero-order chi connectivity index (χ0) is 12.1. The molecule has 2 aliphatic carbocycles. The Morgan fingerprint density at radius 1 is 1.00 bits per heavy atom. The molecule has 0 amide bonds. The van der Waals surface area contributed by atoms with Crippen molar-refractivity contribution in [2.24, 2.45) is 11.8 Å². The van der Waals surface area contributed by atoms with E-state index >= 15 is 0 Å². The first-order valence-corrected chi connectivity index (χ1v) is 7.47. The smallest absolute Gasteiger partial charge is 0.137 e. The van der Waals surface area contributed by atoms with E-state index in [1.54, 1.807) is 0 Å². The van der Waals surface area contributed by atoms with E-state index in [4.69, 9.17) is 0 Å². The van der Waals surface area contributed by atoms with E-state index in [2.05, 4.69) is 11.9 Å². The number of carbonyl (C=O) groups excluding carboxylic acids is 1. The minimum absolute atomic E-state index is 0.345. The lowest BCUT2D eigenvalue weighted by atomic mass is 9.86. The number of carbonyl (C=O) groups is 1. The third kappa shape index (κ3) is 4.09. The van der Waals surface area contributed by atoms with Gasteiger partial charge in [-0.3, -0.25) is 4.79 Å². The summed E-state index contributed by atoms with van der Waals surface area (Å²) in [5.41, 5.74) is 0. The fraction of sp³-hybridized carbons (Fsp3) is 0.933. The molecule has 0 aromatic rings. The maximum Gasteiger partial charge on any atom is 0.137 e. The van der Waals surface area contributed by atoms with Gasteiger partial charge in [0, 0.05) is 25.4 Å². The van der Waals surface area contributed by atoms with Gasteiger partial charge < -0.3 is 4.90 Å². The van der Waals surface area contributed by atoms with Crippen LogP contribution in [-0.2, 0) is 4.79 Å². The van der Waals surface area contributed by atoms with Crippen LogP contribution in [0.4, 0.5) is 0 Å². The first-order chi connectivity index (χ1) is 8.25. The second-order valence-electron chi connectivity index (χ2n) is 6.13. The number of hydrogen-bond acceptors (Lipinski definition) is 2. The third-order valence-electron chi connectivity index (χ3n) is 4.51. The van der Waals surface area contributed by atoms with Crippen molar-refractivity contribution in [1.29, 1.82) is 0 Å². The lowest BCUT2D eigenvalue weighted by Gasteiger charge is -2.30. The Balaban J connectivity index is 1.71. The average molecular weight is 237 g/mol. The molecule has 0 aromatic heterocycles. The van der Waals surface area contributed by atoms with Gasteiger partial charge in [0.05, 0.1) is 0 Å². The Morgan fingerprint density at radius 3 is 2.41 bits per heavy atom. The molecule has 17 heavy (non-hydrogen) atoms. The summed E-state index contributed by atoms with van der Waals surface area (Å²) in [5, 5.41) is 0. The first-order valence-electron chi connectivity index (χ1n) is 7.47. The Hall–Kier alpha value is -0.370. The quantitative estimate of drug-likeness (QED) is 0.748. The highest BCUT2D eigenvalue weighted by atomic mass is 16.1.